The summed E-state index contributed by atoms with van der Waals surface area (Å²) in [5.41, 5.74) is 1.31. The molecule has 2 fully saturated rings. The first-order chi connectivity index (χ1) is 11.6. The van der Waals surface area contributed by atoms with Gasteiger partial charge in [0.05, 0.1) is 11.3 Å². The van der Waals surface area contributed by atoms with E-state index >= 15 is 0 Å². The Labute approximate surface area is 146 Å². The zero-order valence-corrected chi connectivity index (χ0v) is 14.7. The van der Waals surface area contributed by atoms with E-state index in [0.717, 1.165) is 25.9 Å². The molecule has 1 atom stereocenters. The number of anilines is 1. The molecule has 0 radical (unpaired) electrons. The molecule has 3 rings (SSSR count). The average Bonchev–Trinajstić information content (AvgIpc) is 3.22. The number of para-hydroxylation sites is 1. The van der Waals surface area contributed by atoms with Crippen LogP contribution in [-0.2, 0) is 9.59 Å². The topological polar surface area (TPSA) is 57.7 Å². The number of likely N-dealkylation sites (tertiary alicyclic amines) is 1. The molecular formula is C18H22N2O3S. The van der Waals surface area contributed by atoms with Crippen LogP contribution in [0.4, 0.5) is 5.69 Å². The molecule has 24 heavy (non-hydrogen) atoms. The van der Waals surface area contributed by atoms with Gasteiger partial charge in [-0.25, -0.2) is 0 Å². The van der Waals surface area contributed by atoms with E-state index in [1.807, 2.05) is 23.1 Å². The Morgan fingerprint density at radius 1 is 1.21 bits per heavy atom. The molecule has 2 amide bonds. The van der Waals surface area contributed by atoms with Crippen LogP contribution in [0.5, 0.6) is 0 Å². The van der Waals surface area contributed by atoms with E-state index in [4.69, 9.17) is 0 Å². The lowest BCUT2D eigenvalue weighted by Gasteiger charge is -2.23. The zero-order chi connectivity index (χ0) is 17.1. The molecule has 0 spiro atoms. The fourth-order valence-corrected chi connectivity index (χ4v) is 4.04. The number of rotatable bonds is 4. The molecule has 5 nitrogen and oxygen atoms in total. The van der Waals surface area contributed by atoms with Gasteiger partial charge in [-0.3, -0.25) is 14.4 Å². The highest BCUT2D eigenvalue weighted by Gasteiger charge is 2.33. The highest BCUT2D eigenvalue weighted by atomic mass is 32.2. The summed E-state index contributed by atoms with van der Waals surface area (Å²) in [5, 5.41) is 0.0745. The fraction of sp³-hybridized carbons (Fsp3) is 0.500. The Bertz CT molecular complexity index is 655. The molecule has 2 heterocycles. The molecule has 6 heteroatoms. The van der Waals surface area contributed by atoms with Crippen molar-refractivity contribution < 1.29 is 14.4 Å². The van der Waals surface area contributed by atoms with Gasteiger partial charge in [0.1, 0.15) is 0 Å². The minimum absolute atomic E-state index is 0.0115. The minimum Gasteiger partial charge on any atom is -0.339 e. The number of amides is 2. The number of hydrogen-bond acceptors (Lipinski definition) is 4. The standard InChI is InChI=1S/C18H22N2O3S/c1-13(21)24-12-14-10-17(22)20(11-14)16-7-3-2-6-15(16)18(23)19-8-4-5-9-19/h2-3,6-7,14H,4-5,8-12H2,1H3. The van der Waals surface area contributed by atoms with E-state index in [9.17, 15) is 14.4 Å². The summed E-state index contributed by atoms with van der Waals surface area (Å²) in [7, 11) is 0. The van der Waals surface area contributed by atoms with E-state index in [-0.39, 0.29) is 22.8 Å². The maximum absolute atomic E-state index is 12.8. The van der Waals surface area contributed by atoms with Gasteiger partial charge in [0.25, 0.3) is 5.91 Å². The number of hydrogen-bond donors (Lipinski definition) is 0. The van der Waals surface area contributed by atoms with E-state index in [2.05, 4.69) is 0 Å². The van der Waals surface area contributed by atoms with Crippen LogP contribution in [0.15, 0.2) is 24.3 Å². The highest BCUT2D eigenvalue weighted by molar-refractivity contribution is 8.13. The SMILES string of the molecule is CC(=O)SCC1CC(=O)N(c2ccccc2C(=O)N2CCCC2)C1. The Morgan fingerprint density at radius 2 is 1.92 bits per heavy atom. The third-order valence-electron chi connectivity index (χ3n) is 4.55. The van der Waals surface area contributed by atoms with E-state index in [1.54, 1.807) is 17.9 Å². The molecule has 0 bridgehead atoms. The van der Waals surface area contributed by atoms with Gasteiger partial charge in [-0.1, -0.05) is 23.9 Å². The maximum Gasteiger partial charge on any atom is 0.255 e. The summed E-state index contributed by atoms with van der Waals surface area (Å²) < 4.78 is 0. The summed E-state index contributed by atoms with van der Waals surface area (Å²) in [6, 6.07) is 7.36. The molecular weight excluding hydrogens is 324 g/mol. The van der Waals surface area contributed by atoms with Crippen molar-refractivity contribution in [2.45, 2.75) is 26.2 Å². The Hall–Kier alpha value is -1.82. The second kappa shape index (κ2) is 7.38. The number of carbonyl (C=O) groups excluding carboxylic acids is 3. The second-order valence-electron chi connectivity index (χ2n) is 6.39. The van der Waals surface area contributed by atoms with Crippen LogP contribution in [-0.4, -0.2) is 47.2 Å². The lowest BCUT2D eigenvalue weighted by Crippen LogP contribution is -2.32. The third-order valence-corrected chi connectivity index (χ3v) is 5.59. The fourth-order valence-electron chi connectivity index (χ4n) is 3.34. The van der Waals surface area contributed by atoms with Crippen molar-refractivity contribution in [2.24, 2.45) is 5.92 Å². The molecule has 0 aliphatic carbocycles. The van der Waals surface area contributed by atoms with Gasteiger partial charge in [0.2, 0.25) is 5.91 Å². The first kappa shape index (κ1) is 17.0. The van der Waals surface area contributed by atoms with Crippen molar-refractivity contribution in [2.75, 3.05) is 30.3 Å². The minimum atomic E-state index is 0.0115. The molecule has 1 aromatic rings. The number of nitrogens with zero attached hydrogens (tertiary/aromatic N) is 2. The van der Waals surface area contributed by atoms with Crippen molar-refractivity contribution in [1.82, 2.24) is 4.90 Å². The molecule has 0 saturated carbocycles. The van der Waals surface area contributed by atoms with Crippen LogP contribution in [0.1, 0.15) is 36.5 Å². The van der Waals surface area contributed by atoms with Crippen LogP contribution >= 0.6 is 11.8 Å². The molecule has 0 N–H and O–H groups in total. The Balaban J connectivity index is 1.78. The van der Waals surface area contributed by atoms with Crippen LogP contribution in [0.3, 0.4) is 0 Å². The van der Waals surface area contributed by atoms with Gasteiger partial charge in [-0.2, -0.15) is 0 Å². The normalized spacial score (nSPS) is 20.7. The van der Waals surface area contributed by atoms with Crippen molar-refractivity contribution in [3.8, 4) is 0 Å². The number of benzene rings is 1. The van der Waals surface area contributed by atoms with Crippen molar-refractivity contribution >= 4 is 34.4 Å². The van der Waals surface area contributed by atoms with Crippen LogP contribution in [0.25, 0.3) is 0 Å². The smallest absolute Gasteiger partial charge is 0.255 e. The molecule has 1 unspecified atom stereocenters. The molecule has 2 aliphatic rings. The first-order valence-corrected chi connectivity index (χ1v) is 9.37. The molecule has 2 aliphatic heterocycles. The summed E-state index contributed by atoms with van der Waals surface area (Å²) in [6.07, 6.45) is 2.52. The second-order valence-corrected chi connectivity index (χ2v) is 7.59. The summed E-state index contributed by atoms with van der Waals surface area (Å²) in [6.45, 7) is 3.70. The summed E-state index contributed by atoms with van der Waals surface area (Å²) in [5.74, 6) is 0.851. The monoisotopic (exact) mass is 346 g/mol. The lowest BCUT2D eigenvalue weighted by atomic mass is 10.1. The van der Waals surface area contributed by atoms with Crippen molar-refractivity contribution in [1.29, 1.82) is 0 Å². The molecule has 0 aromatic heterocycles. The van der Waals surface area contributed by atoms with E-state index < -0.39 is 0 Å². The van der Waals surface area contributed by atoms with Crippen LogP contribution in [0.2, 0.25) is 0 Å². The van der Waals surface area contributed by atoms with Crippen LogP contribution < -0.4 is 4.90 Å². The molecule has 1 aromatic carbocycles. The Morgan fingerprint density at radius 3 is 2.62 bits per heavy atom. The summed E-state index contributed by atoms with van der Waals surface area (Å²) >= 11 is 1.27. The quantitative estimate of drug-likeness (QED) is 0.841. The van der Waals surface area contributed by atoms with E-state index in [1.165, 1.54) is 11.8 Å². The van der Waals surface area contributed by atoms with Gasteiger partial charge in [-0.05, 0) is 30.9 Å². The summed E-state index contributed by atoms with van der Waals surface area (Å²) in [4.78, 5) is 39.9. The number of thioether (sulfide) groups is 1. The van der Waals surface area contributed by atoms with Gasteiger partial charge in [-0.15, -0.1) is 0 Å². The van der Waals surface area contributed by atoms with Crippen molar-refractivity contribution in [3.05, 3.63) is 29.8 Å². The van der Waals surface area contributed by atoms with Crippen molar-refractivity contribution in [3.63, 3.8) is 0 Å². The van der Waals surface area contributed by atoms with Gasteiger partial charge < -0.3 is 9.80 Å². The maximum atomic E-state index is 12.8. The predicted octanol–water partition coefficient (Wildman–Crippen LogP) is 2.56. The van der Waals surface area contributed by atoms with Crippen LogP contribution in [0, 0.1) is 5.92 Å². The number of carbonyl (C=O) groups is 3. The lowest BCUT2D eigenvalue weighted by molar-refractivity contribution is -0.117. The average molecular weight is 346 g/mol. The van der Waals surface area contributed by atoms with Gasteiger partial charge >= 0.3 is 0 Å². The largest absolute Gasteiger partial charge is 0.339 e. The molecule has 2 saturated heterocycles. The molecule has 128 valence electrons. The van der Waals surface area contributed by atoms with Gasteiger partial charge in [0, 0.05) is 38.7 Å². The third kappa shape index (κ3) is 3.64. The Kier molecular flexibility index (Phi) is 5.23. The highest BCUT2D eigenvalue weighted by Crippen LogP contribution is 2.31. The van der Waals surface area contributed by atoms with E-state index in [0.29, 0.717) is 30.0 Å². The predicted molar refractivity (Wildman–Crippen MR) is 95.2 cm³/mol. The zero-order valence-electron chi connectivity index (χ0n) is 13.9. The van der Waals surface area contributed by atoms with Gasteiger partial charge in [0.15, 0.2) is 5.12 Å². The first-order valence-electron chi connectivity index (χ1n) is 8.38.